The van der Waals surface area contributed by atoms with Crippen molar-refractivity contribution in [2.24, 2.45) is 0 Å². The van der Waals surface area contributed by atoms with Gasteiger partial charge in [-0.1, -0.05) is 399 Å². The molecule has 6 aliphatic carbocycles. The molecular weight excluding hydrogens is 1340 g/mol. The Morgan fingerprint density at radius 2 is 0.473 bits per heavy atom. The van der Waals surface area contributed by atoms with Crippen LogP contribution >= 0.6 is 11.8 Å². The Kier molecular flexibility index (Phi) is 38.4. The molecule has 1 N–H and O–H groups in total. The number of fused-ring (bicyclic) bond motifs is 20. The molecule has 0 radical (unpaired) electrons. The number of piperidine rings is 1. The highest BCUT2D eigenvalue weighted by Crippen LogP contribution is 2.62. The molecule has 8 aromatic carbocycles. The molecule has 8 aliphatic rings. The van der Waals surface area contributed by atoms with E-state index in [-0.39, 0.29) is 10.2 Å². The summed E-state index contributed by atoms with van der Waals surface area (Å²) in [4.78, 5) is 0. The van der Waals surface area contributed by atoms with Crippen LogP contribution in [0, 0.1) is 0 Å². The molecule has 2 heteroatoms. The van der Waals surface area contributed by atoms with Crippen LogP contribution in [0.3, 0.4) is 0 Å². The lowest BCUT2D eigenvalue weighted by Crippen LogP contribution is -2.39. The number of rotatable bonds is 8. The van der Waals surface area contributed by atoms with Gasteiger partial charge in [-0.2, -0.15) is 0 Å². The number of aryl methyl sites for hydroxylation is 1. The van der Waals surface area contributed by atoms with Crippen LogP contribution in [0.4, 0.5) is 0 Å². The maximum absolute atomic E-state index is 3.57. The standard InChI is InChI=1S/C24H30.C23H29N.C23H28S.C22H26.8C2H6/c1-16(2)18-8-10-20-21-11-9-19(17(3)4)15-23(21)24(22(20)14-18)12-6-5-7-13-24;1-15(2)17-5-7-19-20-8-6-18(16(3)4)14-22(20)23(21(19)13-17)9-11-24-12-10-23;1-15(2)17-7-9-19-20-10-8-18(16(3)4)14-22(20)23(21(19)13-17)11-5-6-12-24-23;1-4-16-7-9-18-19-10-8-17(15(2)3)14-21(19)22(20(18)13-16)11-5-6-12-22;8*1-2/h8-11,14-17H,5-7,12-13H2,1-4H3;5-8,13-16,24H,9-12H2,1-4H3;7-10,13-16H,5-6,11-12H2,1-4H3;7-10,13-15H,4-6,11-12H2,1-3H3;8*1-2H3. The van der Waals surface area contributed by atoms with E-state index in [1.165, 1.54) is 185 Å². The summed E-state index contributed by atoms with van der Waals surface area (Å²) >= 11 is 2.20. The third-order valence-electron chi connectivity index (χ3n) is 24.5. The second-order valence-electron chi connectivity index (χ2n) is 32.3. The van der Waals surface area contributed by atoms with Crippen LogP contribution < -0.4 is 5.32 Å². The van der Waals surface area contributed by atoms with Crippen molar-refractivity contribution in [3.8, 4) is 44.5 Å². The van der Waals surface area contributed by atoms with Gasteiger partial charge in [0.25, 0.3) is 0 Å². The summed E-state index contributed by atoms with van der Waals surface area (Å²) in [6.45, 7) is 68.8. The summed E-state index contributed by atoms with van der Waals surface area (Å²) < 4.78 is 0.207. The van der Waals surface area contributed by atoms with E-state index in [0.29, 0.717) is 52.3 Å². The average molecular weight is 1510 g/mol. The molecule has 110 heavy (non-hydrogen) atoms. The second-order valence-corrected chi connectivity index (χ2v) is 33.7. The van der Waals surface area contributed by atoms with Gasteiger partial charge in [-0.25, -0.2) is 0 Å². The molecule has 2 saturated heterocycles. The number of benzene rings is 8. The van der Waals surface area contributed by atoms with Crippen molar-refractivity contribution in [1.29, 1.82) is 0 Å². The summed E-state index contributed by atoms with van der Waals surface area (Å²) in [6.07, 6.45) is 19.8. The fourth-order valence-electron chi connectivity index (χ4n) is 18.6. The van der Waals surface area contributed by atoms with Crippen LogP contribution in [0.5, 0.6) is 0 Å². The fraction of sp³-hybridized carbons (Fsp3) is 0.556. The van der Waals surface area contributed by atoms with Crippen molar-refractivity contribution in [3.05, 3.63) is 235 Å². The highest BCUT2D eigenvalue weighted by Gasteiger charge is 2.49. The fourth-order valence-corrected chi connectivity index (χ4v) is 20.2. The van der Waals surface area contributed by atoms with Gasteiger partial charge in [-0.15, -0.1) is 11.8 Å². The minimum Gasteiger partial charge on any atom is -0.317 e. The van der Waals surface area contributed by atoms with Crippen molar-refractivity contribution in [2.45, 2.75) is 373 Å². The van der Waals surface area contributed by atoms with Crippen molar-refractivity contribution in [3.63, 3.8) is 0 Å². The van der Waals surface area contributed by atoms with Gasteiger partial charge in [0.05, 0.1) is 4.75 Å². The minimum absolute atomic E-state index is 0.207. The Bertz CT molecular complexity index is 3560. The summed E-state index contributed by atoms with van der Waals surface area (Å²) in [6, 6.07) is 58.1. The van der Waals surface area contributed by atoms with E-state index >= 15 is 0 Å². The van der Waals surface area contributed by atoms with E-state index < -0.39 is 0 Å². The van der Waals surface area contributed by atoms with E-state index in [1.807, 2.05) is 111 Å². The molecule has 2 heterocycles. The number of nitrogens with one attached hydrogen (secondary N) is 1. The first-order valence-corrected chi connectivity index (χ1v) is 46.7. The Hall–Kier alpha value is -5.93. The Morgan fingerprint density at radius 1 is 0.255 bits per heavy atom. The van der Waals surface area contributed by atoms with Crippen molar-refractivity contribution >= 4 is 11.8 Å². The number of hydrogen-bond acceptors (Lipinski definition) is 2. The van der Waals surface area contributed by atoms with Gasteiger partial charge in [-0.05, 0) is 252 Å². The van der Waals surface area contributed by atoms with Gasteiger partial charge in [0.15, 0.2) is 0 Å². The van der Waals surface area contributed by atoms with E-state index in [9.17, 15) is 0 Å². The Balaban J connectivity index is 0.000000247. The first kappa shape index (κ1) is 94.7. The molecule has 604 valence electrons. The molecular formula is C108H161NS. The van der Waals surface area contributed by atoms with Crippen LogP contribution in [-0.2, 0) is 27.4 Å². The predicted octanol–water partition coefficient (Wildman–Crippen LogP) is 34.2. The summed E-state index contributed by atoms with van der Waals surface area (Å²) in [7, 11) is 0. The summed E-state index contributed by atoms with van der Waals surface area (Å²) in [5.41, 5.74) is 37.5. The van der Waals surface area contributed by atoms with Gasteiger partial charge in [0.2, 0.25) is 0 Å². The van der Waals surface area contributed by atoms with Crippen LogP contribution in [-0.4, -0.2) is 18.8 Å². The lowest BCUT2D eigenvalue weighted by molar-refractivity contribution is 0.352. The van der Waals surface area contributed by atoms with Crippen molar-refractivity contribution in [1.82, 2.24) is 5.32 Å². The smallest absolute Gasteiger partial charge is 0.0669 e. The average Bonchev–Trinajstić information content (AvgIpc) is 1.59. The molecule has 4 fully saturated rings. The van der Waals surface area contributed by atoms with Gasteiger partial charge in [0.1, 0.15) is 0 Å². The first-order chi connectivity index (χ1) is 53.2. The van der Waals surface area contributed by atoms with Crippen LogP contribution in [0.15, 0.2) is 146 Å². The van der Waals surface area contributed by atoms with Crippen LogP contribution in [0.1, 0.15) is 435 Å². The summed E-state index contributed by atoms with van der Waals surface area (Å²) in [5, 5.41) is 3.57. The predicted molar refractivity (Wildman–Crippen MR) is 499 cm³/mol. The minimum atomic E-state index is 0.207. The molecule has 4 spiro atoms. The van der Waals surface area contributed by atoms with Gasteiger partial charge in [-0.3, -0.25) is 0 Å². The SMILES string of the molecule is CC.CC.CC.CC.CC.CC.CC.CC.CC(C)c1ccc2c(c1)C1(CCCCC1)c1cc(C(C)C)ccc1-2.CC(C)c1ccc2c(c1)C1(CCCCS1)c1cc(C(C)C)ccc1-2.CC(C)c1ccc2c(c1)C1(CCNCC1)c1cc(C(C)C)ccc1-2.CCc1ccc2c(c1)C1(CCCC1)c1cc(C(C)C)ccc1-2. The third-order valence-corrected chi connectivity index (χ3v) is 26.1. The van der Waals surface area contributed by atoms with Gasteiger partial charge < -0.3 is 5.32 Å². The molecule has 0 atom stereocenters. The van der Waals surface area contributed by atoms with Gasteiger partial charge in [0, 0.05) is 16.2 Å². The zero-order valence-electron chi connectivity index (χ0n) is 76.5. The lowest BCUT2D eigenvalue weighted by Gasteiger charge is -2.37. The zero-order chi connectivity index (χ0) is 82.0. The lowest BCUT2D eigenvalue weighted by atomic mass is 9.67. The molecule has 0 amide bonds. The molecule has 1 nitrogen and oxygen atoms in total. The highest BCUT2D eigenvalue weighted by atomic mass is 32.2. The zero-order valence-corrected chi connectivity index (χ0v) is 77.4. The monoisotopic (exact) mass is 1500 g/mol. The van der Waals surface area contributed by atoms with Crippen molar-refractivity contribution in [2.75, 3.05) is 18.8 Å². The molecule has 8 aromatic rings. The maximum atomic E-state index is 3.57. The molecule has 2 saturated carbocycles. The third kappa shape index (κ3) is 19.5. The quantitative estimate of drug-likeness (QED) is 0.163. The maximum Gasteiger partial charge on any atom is 0.0669 e. The van der Waals surface area contributed by atoms with Crippen molar-refractivity contribution < 1.29 is 0 Å². The van der Waals surface area contributed by atoms with E-state index in [2.05, 4.69) is 267 Å². The topological polar surface area (TPSA) is 12.0 Å². The van der Waals surface area contributed by atoms with Gasteiger partial charge >= 0.3 is 0 Å². The Labute approximate surface area is 683 Å². The van der Waals surface area contributed by atoms with E-state index in [0.717, 1.165) is 19.5 Å². The molecule has 0 unspecified atom stereocenters. The van der Waals surface area contributed by atoms with Crippen LogP contribution in [0.2, 0.25) is 0 Å². The molecule has 2 aliphatic heterocycles. The van der Waals surface area contributed by atoms with Crippen LogP contribution in [0.25, 0.3) is 44.5 Å². The second kappa shape index (κ2) is 44.7. The normalized spacial score (nSPS) is 16.0. The highest BCUT2D eigenvalue weighted by molar-refractivity contribution is 8.00. The first-order valence-electron chi connectivity index (χ1n) is 45.7. The molecule has 0 bridgehead atoms. The van der Waals surface area contributed by atoms with E-state index in [1.54, 1.807) is 44.5 Å². The molecule has 0 aromatic heterocycles. The number of thioether (sulfide) groups is 1. The van der Waals surface area contributed by atoms with E-state index in [4.69, 9.17) is 0 Å². The summed E-state index contributed by atoms with van der Waals surface area (Å²) in [5.74, 6) is 5.46. The molecule has 16 rings (SSSR count). The number of hydrogen-bond donors (Lipinski definition) is 1. The largest absolute Gasteiger partial charge is 0.317 e. The Morgan fingerprint density at radius 3 is 0.718 bits per heavy atom.